The van der Waals surface area contributed by atoms with Crippen molar-refractivity contribution in [3.8, 4) is 0 Å². The summed E-state index contributed by atoms with van der Waals surface area (Å²) in [5.74, 6) is 1.09. The number of rotatable bonds is 6. The maximum absolute atomic E-state index is 13.5. The molecular formula is C19H25IN4O. The van der Waals surface area contributed by atoms with Gasteiger partial charge in [-0.2, -0.15) is 0 Å². The molecule has 0 aliphatic carbocycles. The fourth-order valence-corrected chi connectivity index (χ4v) is 4.10. The number of aromatic amines is 1. The number of imidazole rings is 1. The van der Waals surface area contributed by atoms with Crippen molar-refractivity contribution < 1.29 is 4.79 Å². The second-order valence-electron chi connectivity index (χ2n) is 6.34. The van der Waals surface area contributed by atoms with Gasteiger partial charge in [0.25, 0.3) is 0 Å². The van der Waals surface area contributed by atoms with Gasteiger partial charge in [0.2, 0.25) is 5.91 Å². The molecule has 5 nitrogen and oxygen atoms in total. The second kappa shape index (κ2) is 8.31. The van der Waals surface area contributed by atoms with Crippen LogP contribution in [0.15, 0.2) is 36.5 Å². The predicted octanol–water partition coefficient (Wildman–Crippen LogP) is 3.76. The molecule has 1 aliphatic heterocycles. The first-order chi connectivity index (χ1) is 12.2. The van der Waals surface area contributed by atoms with Gasteiger partial charge in [0.15, 0.2) is 0 Å². The second-order valence-corrected chi connectivity index (χ2v) is 7.50. The molecule has 1 fully saturated rings. The Labute approximate surface area is 163 Å². The molecule has 0 saturated carbocycles. The van der Waals surface area contributed by atoms with E-state index in [1.807, 2.05) is 29.3 Å². The van der Waals surface area contributed by atoms with Crippen molar-refractivity contribution >= 4 is 28.5 Å². The number of amides is 1. The Hall–Kier alpha value is -1.41. The zero-order valence-corrected chi connectivity index (χ0v) is 16.9. The first kappa shape index (κ1) is 18.4. The maximum Gasteiger partial charge on any atom is 0.245 e. The Morgan fingerprint density at radius 1 is 1.36 bits per heavy atom. The number of hydrogen-bond donors (Lipinski definition) is 1. The van der Waals surface area contributed by atoms with Crippen LogP contribution in [0.25, 0.3) is 0 Å². The summed E-state index contributed by atoms with van der Waals surface area (Å²) in [6.45, 7) is 6.72. The Balaban J connectivity index is 1.91. The normalized spacial score (nSPS) is 18.7. The average Bonchev–Trinajstić information content (AvgIpc) is 3.28. The van der Waals surface area contributed by atoms with Gasteiger partial charge in [-0.3, -0.25) is 9.69 Å². The molecule has 25 heavy (non-hydrogen) atoms. The van der Waals surface area contributed by atoms with Crippen LogP contribution in [0.3, 0.4) is 0 Å². The summed E-state index contributed by atoms with van der Waals surface area (Å²) in [5.41, 5.74) is 1.07. The van der Waals surface area contributed by atoms with Gasteiger partial charge < -0.3 is 9.88 Å². The zero-order valence-electron chi connectivity index (χ0n) is 14.8. The topological polar surface area (TPSA) is 52.2 Å². The van der Waals surface area contributed by atoms with Crippen molar-refractivity contribution in [2.24, 2.45) is 0 Å². The van der Waals surface area contributed by atoms with Crippen LogP contribution in [0.1, 0.15) is 50.2 Å². The SMILES string of the molecule is CCN(CC)[C@@H](C(=O)N1CCC[C@H]1c1ncc(I)[nH]1)c1ccccc1. The third-order valence-electron chi connectivity index (χ3n) is 4.94. The van der Waals surface area contributed by atoms with Gasteiger partial charge in [-0.15, -0.1) is 0 Å². The highest BCUT2D eigenvalue weighted by atomic mass is 127. The van der Waals surface area contributed by atoms with Gasteiger partial charge in [0, 0.05) is 6.54 Å². The Kier molecular flexibility index (Phi) is 6.11. The summed E-state index contributed by atoms with van der Waals surface area (Å²) in [6.07, 6.45) is 3.82. The van der Waals surface area contributed by atoms with Crippen LogP contribution in [0.2, 0.25) is 0 Å². The van der Waals surface area contributed by atoms with E-state index in [0.717, 1.165) is 47.6 Å². The molecule has 6 heteroatoms. The van der Waals surface area contributed by atoms with Crippen LogP contribution in [0, 0.1) is 3.70 Å². The van der Waals surface area contributed by atoms with E-state index in [1.165, 1.54) is 0 Å². The van der Waals surface area contributed by atoms with Gasteiger partial charge >= 0.3 is 0 Å². The van der Waals surface area contributed by atoms with E-state index in [0.29, 0.717) is 0 Å². The van der Waals surface area contributed by atoms with Gasteiger partial charge in [0.05, 0.1) is 15.9 Å². The third-order valence-corrected chi connectivity index (χ3v) is 5.49. The zero-order chi connectivity index (χ0) is 17.8. The van der Waals surface area contributed by atoms with Crippen LogP contribution < -0.4 is 0 Å². The number of carbonyl (C=O) groups excluding carboxylic acids is 1. The van der Waals surface area contributed by atoms with Crippen LogP contribution in [0.4, 0.5) is 0 Å². The molecule has 1 amide bonds. The third kappa shape index (κ3) is 3.89. The number of nitrogens with one attached hydrogen (secondary N) is 1. The molecular weight excluding hydrogens is 427 g/mol. The molecule has 1 aromatic carbocycles. The molecule has 0 unspecified atom stereocenters. The Bertz CT molecular complexity index is 698. The smallest absolute Gasteiger partial charge is 0.245 e. The summed E-state index contributed by atoms with van der Waals surface area (Å²) in [4.78, 5) is 25.6. The molecule has 0 spiro atoms. The summed E-state index contributed by atoms with van der Waals surface area (Å²) in [7, 11) is 0. The standard InChI is InChI=1S/C19H25IN4O/c1-3-23(4-2)17(14-9-6-5-7-10-14)19(25)24-12-8-11-15(24)18-21-13-16(20)22-18/h5-7,9-10,13,15,17H,3-4,8,11-12H2,1-2H3,(H,21,22)/t15-,17+/m0/s1. The van der Waals surface area contributed by atoms with Crippen molar-refractivity contribution in [3.63, 3.8) is 0 Å². The Morgan fingerprint density at radius 2 is 2.08 bits per heavy atom. The van der Waals surface area contributed by atoms with Gasteiger partial charge in [0.1, 0.15) is 11.9 Å². The minimum Gasteiger partial charge on any atom is -0.336 e. The van der Waals surface area contributed by atoms with Crippen molar-refractivity contribution in [2.75, 3.05) is 19.6 Å². The van der Waals surface area contributed by atoms with Crippen LogP contribution in [-0.4, -0.2) is 45.3 Å². The average molecular weight is 452 g/mol. The number of hydrogen-bond acceptors (Lipinski definition) is 3. The number of halogens is 1. The van der Waals surface area contributed by atoms with Crippen molar-refractivity contribution in [1.82, 2.24) is 19.8 Å². The molecule has 0 radical (unpaired) electrons. The molecule has 1 aromatic heterocycles. The van der Waals surface area contributed by atoms with E-state index in [4.69, 9.17) is 0 Å². The van der Waals surface area contributed by atoms with Crippen molar-refractivity contribution in [3.05, 3.63) is 51.6 Å². The minimum absolute atomic E-state index is 0.0535. The highest BCUT2D eigenvalue weighted by molar-refractivity contribution is 14.1. The minimum atomic E-state index is -0.231. The molecule has 1 aliphatic rings. The molecule has 3 rings (SSSR count). The highest BCUT2D eigenvalue weighted by Crippen LogP contribution is 2.34. The lowest BCUT2D eigenvalue weighted by Crippen LogP contribution is -2.43. The summed E-state index contributed by atoms with van der Waals surface area (Å²) >= 11 is 2.23. The number of aromatic nitrogens is 2. The lowest BCUT2D eigenvalue weighted by Gasteiger charge is -2.34. The lowest BCUT2D eigenvalue weighted by molar-refractivity contribution is -0.138. The number of benzene rings is 1. The van der Waals surface area contributed by atoms with Crippen molar-refractivity contribution in [2.45, 2.75) is 38.8 Å². The van der Waals surface area contributed by atoms with Gasteiger partial charge in [-0.25, -0.2) is 4.98 Å². The van der Waals surface area contributed by atoms with Crippen molar-refractivity contribution in [1.29, 1.82) is 0 Å². The van der Waals surface area contributed by atoms with E-state index in [9.17, 15) is 4.79 Å². The first-order valence-electron chi connectivity index (χ1n) is 8.95. The van der Waals surface area contributed by atoms with E-state index < -0.39 is 0 Å². The largest absolute Gasteiger partial charge is 0.336 e. The monoisotopic (exact) mass is 452 g/mol. The van der Waals surface area contributed by atoms with E-state index in [-0.39, 0.29) is 18.0 Å². The molecule has 1 N–H and O–H groups in total. The quantitative estimate of drug-likeness (QED) is 0.680. The Morgan fingerprint density at radius 3 is 2.68 bits per heavy atom. The van der Waals surface area contributed by atoms with Gasteiger partial charge in [-0.05, 0) is 54.1 Å². The number of nitrogens with zero attached hydrogens (tertiary/aromatic N) is 3. The maximum atomic E-state index is 13.5. The molecule has 1 saturated heterocycles. The van der Waals surface area contributed by atoms with E-state index in [1.54, 1.807) is 0 Å². The lowest BCUT2D eigenvalue weighted by atomic mass is 10.0. The number of likely N-dealkylation sites (N-methyl/N-ethyl adjacent to an activating group) is 1. The molecule has 2 heterocycles. The van der Waals surface area contributed by atoms with Crippen LogP contribution in [0.5, 0.6) is 0 Å². The summed E-state index contributed by atoms with van der Waals surface area (Å²) in [5, 5.41) is 0. The first-order valence-corrected chi connectivity index (χ1v) is 10.0. The van der Waals surface area contributed by atoms with Crippen LogP contribution >= 0.6 is 22.6 Å². The molecule has 0 bridgehead atoms. The molecule has 2 aromatic rings. The summed E-state index contributed by atoms with van der Waals surface area (Å²) in [6, 6.07) is 9.95. The van der Waals surface area contributed by atoms with Crippen LogP contribution in [-0.2, 0) is 4.79 Å². The number of carbonyl (C=O) groups is 1. The number of likely N-dealkylation sites (tertiary alicyclic amines) is 1. The van der Waals surface area contributed by atoms with E-state index in [2.05, 4.69) is 63.4 Å². The van der Waals surface area contributed by atoms with E-state index >= 15 is 0 Å². The molecule has 2 atom stereocenters. The highest BCUT2D eigenvalue weighted by Gasteiger charge is 2.37. The predicted molar refractivity (Wildman–Crippen MR) is 107 cm³/mol. The molecule has 134 valence electrons. The fraction of sp³-hybridized carbons (Fsp3) is 0.474. The summed E-state index contributed by atoms with van der Waals surface area (Å²) < 4.78 is 1.01. The fourth-order valence-electron chi connectivity index (χ4n) is 3.69. The number of H-pyrrole nitrogens is 1. The van der Waals surface area contributed by atoms with Gasteiger partial charge in [-0.1, -0.05) is 44.2 Å².